The van der Waals surface area contributed by atoms with Crippen molar-refractivity contribution in [1.29, 1.82) is 5.26 Å². The highest BCUT2D eigenvalue weighted by molar-refractivity contribution is 14.1. The number of nitrogens with zero attached hydrogens (tertiary/aromatic N) is 1. The number of hydrogen-bond donors (Lipinski definition) is 0. The predicted molar refractivity (Wildman–Crippen MR) is 93.0 cm³/mol. The average Bonchev–Trinajstić information content (AvgIpc) is 2.64. The molecular formula is C18H5F12IN. The summed E-state index contributed by atoms with van der Waals surface area (Å²) in [5, 5.41) is 8.75. The van der Waals surface area contributed by atoms with Crippen LogP contribution in [-0.4, -0.2) is 18.5 Å². The summed E-state index contributed by atoms with van der Waals surface area (Å²) in [5.41, 5.74) is -13.3. The van der Waals surface area contributed by atoms with Crippen LogP contribution >= 0.6 is 22.6 Å². The highest BCUT2D eigenvalue weighted by Crippen LogP contribution is 2.57. The molecule has 0 amide bonds. The van der Waals surface area contributed by atoms with Gasteiger partial charge < -0.3 is 0 Å². The standard InChI is InChI=1S/C18H5F12IN/c19-14(16(22,23)24,17(25,26)27)11-5-10(15(20,21)18(28,29)30)6-12(31)13(11)9-3-1-8(7-32)2-4-9/h1-5H. The highest BCUT2D eigenvalue weighted by atomic mass is 127. The number of alkyl halides is 12. The van der Waals surface area contributed by atoms with E-state index in [0.717, 1.165) is 46.9 Å². The molecule has 0 aromatic heterocycles. The van der Waals surface area contributed by atoms with E-state index in [1.807, 2.05) is 0 Å². The maximum absolute atomic E-state index is 14.8. The van der Waals surface area contributed by atoms with Crippen LogP contribution in [0.1, 0.15) is 16.7 Å². The molecule has 0 aliphatic heterocycles. The molecule has 2 rings (SSSR count). The summed E-state index contributed by atoms with van der Waals surface area (Å²) in [5.74, 6) is -5.94. The summed E-state index contributed by atoms with van der Waals surface area (Å²) < 4.78 is 159. The number of halogens is 13. The van der Waals surface area contributed by atoms with Crippen molar-refractivity contribution in [3.63, 3.8) is 0 Å². The Kier molecular flexibility index (Phi) is 6.51. The van der Waals surface area contributed by atoms with Crippen molar-refractivity contribution in [2.45, 2.75) is 30.1 Å². The second kappa shape index (κ2) is 7.99. The van der Waals surface area contributed by atoms with Gasteiger partial charge in [-0.2, -0.15) is 53.6 Å². The molecular weight excluding hydrogens is 585 g/mol. The summed E-state index contributed by atoms with van der Waals surface area (Å²) in [6, 6.07) is 5.55. The van der Waals surface area contributed by atoms with Crippen LogP contribution in [0.25, 0.3) is 11.1 Å². The summed E-state index contributed by atoms with van der Waals surface area (Å²) in [7, 11) is 0. The smallest absolute Gasteiger partial charge is 0.218 e. The molecule has 32 heavy (non-hydrogen) atoms. The van der Waals surface area contributed by atoms with Crippen molar-refractivity contribution < 1.29 is 52.7 Å². The Bertz CT molecular complexity index is 1030. The van der Waals surface area contributed by atoms with Crippen molar-refractivity contribution in [1.82, 2.24) is 0 Å². The lowest BCUT2D eigenvalue weighted by Gasteiger charge is -2.33. The van der Waals surface area contributed by atoms with Gasteiger partial charge >= 0.3 is 30.1 Å². The van der Waals surface area contributed by atoms with E-state index < -0.39 is 62.0 Å². The molecule has 0 fully saturated rings. The van der Waals surface area contributed by atoms with Crippen LogP contribution in [0.4, 0.5) is 52.7 Å². The molecule has 0 unspecified atom stereocenters. The third-order valence-electron chi connectivity index (χ3n) is 4.17. The molecule has 14 heteroatoms. The normalized spacial score (nSPS) is 13.8. The lowest BCUT2D eigenvalue weighted by atomic mass is 9.84. The maximum Gasteiger partial charge on any atom is 0.458 e. The zero-order valence-corrected chi connectivity index (χ0v) is 16.9. The molecule has 1 radical (unpaired) electrons. The fraction of sp³-hybridized carbons (Fsp3) is 0.278. The summed E-state index contributed by atoms with van der Waals surface area (Å²) in [4.78, 5) is 0. The van der Waals surface area contributed by atoms with Crippen LogP contribution in [0.2, 0.25) is 0 Å². The zero-order chi connectivity index (χ0) is 24.9. The van der Waals surface area contributed by atoms with Crippen molar-refractivity contribution in [3.8, 4) is 17.2 Å². The van der Waals surface area contributed by atoms with Crippen molar-refractivity contribution in [2.75, 3.05) is 0 Å². The monoisotopic (exact) mass is 590 g/mol. The summed E-state index contributed by atoms with van der Waals surface area (Å²) in [6.07, 6.45) is -20.0. The van der Waals surface area contributed by atoms with Crippen LogP contribution < -0.4 is 0 Å². The number of rotatable bonds is 3. The fourth-order valence-corrected chi connectivity index (χ4v) is 3.50. The minimum absolute atomic E-state index is 0.118. The second-order valence-electron chi connectivity index (χ2n) is 6.20. The van der Waals surface area contributed by atoms with Gasteiger partial charge in [0.25, 0.3) is 0 Å². The molecule has 2 aromatic carbocycles. The van der Waals surface area contributed by atoms with E-state index in [0.29, 0.717) is 0 Å². The molecule has 173 valence electrons. The van der Waals surface area contributed by atoms with E-state index in [4.69, 9.17) is 5.26 Å². The van der Waals surface area contributed by atoms with E-state index in [2.05, 4.69) is 0 Å². The molecule has 0 aliphatic rings. The summed E-state index contributed by atoms with van der Waals surface area (Å²) >= 11 is 0.875. The third-order valence-corrected chi connectivity index (χ3v) is 4.98. The zero-order valence-electron chi connectivity index (χ0n) is 14.7. The molecule has 0 saturated carbocycles. The molecule has 2 aromatic rings. The van der Waals surface area contributed by atoms with Gasteiger partial charge in [-0.15, -0.1) is 0 Å². The van der Waals surface area contributed by atoms with Gasteiger partial charge in [-0.1, -0.05) is 12.1 Å². The van der Waals surface area contributed by atoms with Gasteiger partial charge in [-0.3, -0.25) is 0 Å². The summed E-state index contributed by atoms with van der Waals surface area (Å²) in [6.45, 7) is 0. The predicted octanol–water partition coefficient (Wildman–Crippen LogP) is 7.57. The third kappa shape index (κ3) is 4.23. The first kappa shape index (κ1) is 26.1. The highest BCUT2D eigenvalue weighted by Gasteiger charge is 2.74. The van der Waals surface area contributed by atoms with E-state index in [9.17, 15) is 52.7 Å². The molecule has 1 nitrogen and oxygen atoms in total. The minimum atomic E-state index is -6.79. The van der Waals surface area contributed by atoms with Crippen LogP contribution in [0.5, 0.6) is 0 Å². The quantitative estimate of drug-likeness (QED) is 0.267. The Morgan fingerprint density at radius 1 is 0.750 bits per heavy atom. The van der Waals surface area contributed by atoms with Gasteiger partial charge in [0.1, 0.15) is 0 Å². The SMILES string of the molecule is N#Cc1ccc(-c2c(I)[c]c(C(F)(F)C(F)(F)F)cc2C(F)(C(F)(F)F)C(F)(F)F)cc1. The molecule has 0 atom stereocenters. The molecule has 0 bridgehead atoms. The van der Waals surface area contributed by atoms with E-state index in [-0.39, 0.29) is 5.56 Å². The Balaban J connectivity index is 3.05. The van der Waals surface area contributed by atoms with Crippen LogP contribution in [0.3, 0.4) is 0 Å². The van der Waals surface area contributed by atoms with Crippen LogP contribution in [0.15, 0.2) is 30.3 Å². The largest absolute Gasteiger partial charge is 0.458 e. The Morgan fingerprint density at radius 2 is 1.22 bits per heavy atom. The van der Waals surface area contributed by atoms with Gasteiger partial charge in [0.05, 0.1) is 11.6 Å². The molecule has 0 heterocycles. The maximum atomic E-state index is 14.8. The molecule has 0 saturated heterocycles. The number of benzene rings is 2. The fourth-order valence-electron chi connectivity index (χ4n) is 2.60. The Morgan fingerprint density at radius 3 is 1.59 bits per heavy atom. The van der Waals surface area contributed by atoms with Crippen LogP contribution in [-0.2, 0) is 11.6 Å². The van der Waals surface area contributed by atoms with Gasteiger partial charge in [0, 0.05) is 26.3 Å². The lowest BCUT2D eigenvalue weighted by molar-refractivity contribution is -0.348. The first-order valence-electron chi connectivity index (χ1n) is 7.83. The number of hydrogen-bond acceptors (Lipinski definition) is 1. The van der Waals surface area contributed by atoms with Crippen molar-refractivity contribution in [2.24, 2.45) is 0 Å². The molecule has 0 spiro atoms. The average molecular weight is 590 g/mol. The lowest BCUT2D eigenvalue weighted by Crippen LogP contribution is -2.51. The first-order chi connectivity index (χ1) is 14.3. The number of nitriles is 1. The first-order valence-corrected chi connectivity index (χ1v) is 8.91. The van der Waals surface area contributed by atoms with Gasteiger partial charge in [0.15, 0.2) is 0 Å². The Hall–Kier alpha value is -2.18. The topological polar surface area (TPSA) is 23.8 Å². The van der Waals surface area contributed by atoms with E-state index in [1.165, 1.54) is 6.07 Å². The molecule has 0 aliphatic carbocycles. The van der Waals surface area contributed by atoms with E-state index >= 15 is 0 Å². The Labute approximate surface area is 184 Å². The minimum Gasteiger partial charge on any atom is -0.218 e. The van der Waals surface area contributed by atoms with Gasteiger partial charge in [0.2, 0.25) is 0 Å². The molecule has 0 N–H and O–H groups in total. The van der Waals surface area contributed by atoms with Crippen molar-refractivity contribution in [3.05, 3.63) is 56.7 Å². The van der Waals surface area contributed by atoms with Crippen LogP contribution in [0, 0.1) is 21.0 Å². The van der Waals surface area contributed by atoms with Gasteiger partial charge in [-0.25, -0.2) is 4.39 Å². The van der Waals surface area contributed by atoms with Gasteiger partial charge in [-0.05, 0) is 46.4 Å². The van der Waals surface area contributed by atoms with Crippen molar-refractivity contribution >= 4 is 22.6 Å². The second-order valence-corrected chi connectivity index (χ2v) is 7.28. The van der Waals surface area contributed by atoms with E-state index in [1.54, 1.807) is 6.07 Å².